The minimum Gasteiger partial charge on any atom is -0.455 e. The highest BCUT2D eigenvalue weighted by atomic mass is 16.3. The van der Waals surface area contributed by atoms with Gasteiger partial charge in [0.1, 0.15) is 11.3 Å². The molecule has 0 atom stereocenters. The lowest BCUT2D eigenvalue weighted by Gasteiger charge is -2.18. The van der Waals surface area contributed by atoms with Crippen LogP contribution in [-0.4, -0.2) is 0 Å². The van der Waals surface area contributed by atoms with Crippen molar-refractivity contribution in [3.8, 4) is 44.7 Å². The largest absolute Gasteiger partial charge is 0.455 e. The average Bonchev–Trinajstić information content (AvgIpc) is 3.68. The molecule has 0 unspecified atom stereocenters. The Kier molecular flexibility index (Phi) is 2.90. The molecule has 45 heavy (non-hydrogen) atoms. The van der Waals surface area contributed by atoms with Gasteiger partial charge in [-0.3, -0.25) is 0 Å². The van der Waals surface area contributed by atoms with E-state index >= 15 is 0 Å². The summed E-state index contributed by atoms with van der Waals surface area (Å²) in [6, 6.07) is -1.82. The number of hydrogen-bond acceptors (Lipinski definition) is 1. The molecule has 0 aliphatic rings. The Bertz CT molecular complexity index is 3540. The molecule has 0 aliphatic heterocycles. The van der Waals surface area contributed by atoms with Crippen LogP contribution in [0.4, 0.5) is 0 Å². The molecule has 8 aromatic carbocycles. The van der Waals surface area contributed by atoms with Crippen LogP contribution in [0, 0.1) is 0 Å². The minimum atomic E-state index is -0.812. The molecule has 1 heterocycles. The highest BCUT2D eigenvalue weighted by Gasteiger charge is 2.26. The number of fused-ring (bicyclic) bond motifs is 4. The fourth-order valence-electron chi connectivity index (χ4n) is 5.88. The van der Waals surface area contributed by atoms with Gasteiger partial charge in [-0.1, -0.05) is 169 Å². The average molecular weight is 593 g/mol. The lowest BCUT2D eigenvalue weighted by molar-refractivity contribution is 0.634. The SMILES string of the molecule is [2H]c1c([2H])c([2H])c(-c2cccc3c(-c4c5c([2H])c([2H])c([2H])c([2H])c5c(-c5ccccc5)c5c([2H])c([2H])c([2H])c([2H])c45)c(-c4c([2H])c([2H])c([2H])c5c([2H])c([2H])c([2H])c([2H])c45)oc23)c([2H])c1[2H]. The number of rotatable bonds is 4. The summed E-state index contributed by atoms with van der Waals surface area (Å²) in [6.45, 7) is 0. The standard InChI is InChI=1S/C44H28O/c1-3-15-30(16-4-1)33-26-14-28-39-42(44(45-43(33)39)38-27-13-20-29-17-7-8-21-32(29)38)41-36-24-11-9-22-34(36)40(31-18-5-2-6-19-31)35-23-10-12-25-37(35)41/h1-28H/i1D,3D,4D,7D,8D,9D,10D,11D,12D,13D,15D,16D,17D,20D,21D,22D,23D,24D,25D,27D. The molecule has 1 heteroatoms. The number of furan rings is 1. The summed E-state index contributed by atoms with van der Waals surface area (Å²) in [4.78, 5) is 0. The van der Waals surface area contributed by atoms with Crippen LogP contribution in [0.5, 0.6) is 0 Å². The molecule has 0 aliphatic carbocycles. The molecule has 0 radical (unpaired) electrons. The minimum absolute atomic E-state index is 0.0141. The zero-order valence-electron chi connectivity index (χ0n) is 43.0. The quantitative estimate of drug-likeness (QED) is 0.185. The van der Waals surface area contributed by atoms with Crippen molar-refractivity contribution in [1.29, 1.82) is 0 Å². The van der Waals surface area contributed by atoms with Crippen molar-refractivity contribution in [1.82, 2.24) is 0 Å². The van der Waals surface area contributed by atoms with Crippen molar-refractivity contribution in [2.45, 2.75) is 0 Å². The molecule has 9 aromatic rings. The summed E-state index contributed by atoms with van der Waals surface area (Å²) in [6.07, 6.45) is 0. The Labute approximate surface area is 289 Å². The zero-order chi connectivity index (χ0) is 47.1. The maximum atomic E-state index is 9.54. The molecule has 0 saturated carbocycles. The third-order valence-corrected chi connectivity index (χ3v) is 7.71. The smallest absolute Gasteiger partial charge is 0.143 e. The Morgan fingerprint density at radius 2 is 0.978 bits per heavy atom. The van der Waals surface area contributed by atoms with Gasteiger partial charge in [0.05, 0.1) is 27.4 Å². The molecule has 210 valence electrons. The fourth-order valence-corrected chi connectivity index (χ4v) is 5.88. The van der Waals surface area contributed by atoms with E-state index in [2.05, 4.69) is 0 Å². The van der Waals surface area contributed by atoms with Gasteiger partial charge < -0.3 is 4.42 Å². The van der Waals surface area contributed by atoms with Crippen molar-refractivity contribution in [2.75, 3.05) is 0 Å². The second kappa shape index (κ2) is 10.4. The molecule has 1 nitrogen and oxygen atoms in total. The molecule has 0 bridgehead atoms. The molecule has 9 rings (SSSR count). The Hall–Kier alpha value is -5.92. The van der Waals surface area contributed by atoms with Crippen LogP contribution in [0.3, 0.4) is 0 Å². The van der Waals surface area contributed by atoms with Gasteiger partial charge in [-0.05, 0) is 49.0 Å². The molecule has 0 amide bonds. The van der Waals surface area contributed by atoms with E-state index in [-0.39, 0.29) is 60.3 Å². The van der Waals surface area contributed by atoms with E-state index in [0.717, 1.165) is 0 Å². The summed E-state index contributed by atoms with van der Waals surface area (Å²) < 4.78 is 185. The van der Waals surface area contributed by atoms with Gasteiger partial charge in [-0.25, -0.2) is 0 Å². The summed E-state index contributed by atoms with van der Waals surface area (Å²) in [5.41, 5.74) is -1.53. The topological polar surface area (TPSA) is 13.1 Å². The predicted molar refractivity (Wildman–Crippen MR) is 190 cm³/mol. The van der Waals surface area contributed by atoms with Crippen LogP contribution < -0.4 is 0 Å². The van der Waals surface area contributed by atoms with Crippen LogP contribution in [0.15, 0.2) is 174 Å². The molecule has 0 saturated heterocycles. The van der Waals surface area contributed by atoms with Crippen molar-refractivity contribution in [3.05, 3.63) is 169 Å². The molecular weight excluding hydrogens is 544 g/mol. The van der Waals surface area contributed by atoms with Gasteiger partial charge in [-0.15, -0.1) is 0 Å². The van der Waals surface area contributed by atoms with Gasteiger partial charge in [0.15, 0.2) is 0 Å². The first-order valence-electron chi connectivity index (χ1n) is 23.8. The summed E-state index contributed by atoms with van der Waals surface area (Å²) >= 11 is 0. The maximum absolute atomic E-state index is 9.54. The highest BCUT2D eigenvalue weighted by molar-refractivity contribution is 6.25. The van der Waals surface area contributed by atoms with E-state index in [4.69, 9.17) is 25.0 Å². The van der Waals surface area contributed by atoms with E-state index < -0.39 is 143 Å². The molecule has 1 aromatic heterocycles. The van der Waals surface area contributed by atoms with Crippen LogP contribution in [0.2, 0.25) is 0 Å². The highest BCUT2D eigenvalue weighted by Crippen LogP contribution is 2.51. The van der Waals surface area contributed by atoms with E-state index in [9.17, 15) is 6.85 Å². The zero-order valence-corrected chi connectivity index (χ0v) is 23.0. The first-order valence-corrected chi connectivity index (χ1v) is 13.8. The summed E-state index contributed by atoms with van der Waals surface area (Å²) in [7, 11) is 0. The predicted octanol–water partition coefficient (Wildman–Crippen LogP) is 12.6. The van der Waals surface area contributed by atoms with Gasteiger partial charge in [0, 0.05) is 27.6 Å². The van der Waals surface area contributed by atoms with Crippen LogP contribution in [0.1, 0.15) is 27.4 Å². The first-order chi connectivity index (χ1) is 30.7. The van der Waals surface area contributed by atoms with Crippen LogP contribution in [-0.2, 0) is 0 Å². The van der Waals surface area contributed by atoms with E-state index in [1.165, 1.54) is 18.2 Å². The van der Waals surface area contributed by atoms with Gasteiger partial charge in [0.25, 0.3) is 0 Å². The van der Waals surface area contributed by atoms with Gasteiger partial charge in [0.2, 0.25) is 0 Å². The number of hydrogen-bond donors (Lipinski definition) is 0. The van der Waals surface area contributed by atoms with Gasteiger partial charge >= 0.3 is 0 Å². The number of benzene rings is 8. The van der Waals surface area contributed by atoms with E-state index in [1.54, 1.807) is 30.3 Å². The van der Waals surface area contributed by atoms with Crippen molar-refractivity contribution < 1.29 is 31.8 Å². The molecular formula is C44H28O. The third kappa shape index (κ3) is 4.02. The van der Waals surface area contributed by atoms with Crippen LogP contribution >= 0.6 is 0 Å². The van der Waals surface area contributed by atoms with Crippen molar-refractivity contribution >= 4 is 43.3 Å². The molecule has 0 N–H and O–H groups in total. The fraction of sp³-hybridized carbons (Fsp3) is 0. The summed E-state index contributed by atoms with van der Waals surface area (Å²) in [5, 5.41) is -2.01. The van der Waals surface area contributed by atoms with Crippen LogP contribution in [0.25, 0.3) is 88.0 Å². The second-order valence-electron chi connectivity index (χ2n) is 10.1. The lowest BCUT2D eigenvalue weighted by Crippen LogP contribution is -1.91. The van der Waals surface area contributed by atoms with E-state index in [1.807, 2.05) is 0 Å². The normalized spacial score (nSPS) is 17.8. The van der Waals surface area contributed by atoms with Crippen molar-refractivity contribution in [3.63, 3.8) is 0 Å². The summed E-state index contributed by atoms with van der Waals surface area (Å²) in [5.74, 6) is -0.525. The maximum Gasteiger partial charge on any atom is 0.143 e. The Morgan fingerprint density at radius 1 is 0.378 bits per heavy atom. The molecule has 0 spiro atoms. The number of para-hydroxylation sites is 1. The molecule has 0 fully saturated rings. The Morgan fingerprint density at radius 3 is 1.69 bits per heavy atom. The Balaban J connectivity index is 1.67. The van der Waals surface area contributed by atoms with E-state index in [0.29, 0.717) is 5.56 Å². The van der Waals surface area contributed by atoms with Gasteiger partial charge in [-0.2, -0.15) is 0 Å². The third-order valence-electron chi connectivity index (χ3n) is 7.71. The van der Waals surface area contributed by atoms with Crippen molar-refractivity contribution in [2.24, 2.45) is 0 Å². The monoisotopic (exact) mass is 592 g/mol. The first kappa shape index (κ1) is 12.6. The lowest BCUT2D eigenvalue weighted by atomic mass is 9.84. The second-order valence-corrected chi connectivity index (χ2v) is 10.1.